The van der Waals surface area contributed by atoms with Crippen molar-refractivity contribution < 1.29 is 4.79 Å². The highest BCUT2D eigenvalue weighted by Gasteiger charge is 2.24. The molecule has 3 rings (SSSR count). The zero-order valence-electron chi connectivity index (χ0n) is 14.6. The molecule has 3 heteroatoms. The van der Waals surface area contributed by atoms with Gasteiger partial charge < -0.3 is 4.90 Å². The molecule has 1 aliphatic heterocycles. The summed E-state index contributed by atoms with van der Waals surface area (Å²) in [6.45, 7) is 7.84. The number of carbonyl (C=O) groups excluding carboxylic acids is 1. The molecule has 1 heterocycles. The van der Waals surface area contributed by atoms with E-state index in [-0.39, 0.29) is 5.91 Å². The molecule has 1 aliphatic rings. The lowest BCUT2D eigenvalue weighted by Crippen LogP contribution is -2.49. The van der Waals surface area contributed by atoms with E-state index in [0.717, 1.165) is 31.7 Å². The highest BCUT2D eigenvalue weighted by atomic mass is 16.2. The highest BCUT2D eigenvalue weighted by molar-refractivity contribution is 5.79. The van der Waals surface area contributed by atoms with E-state index in [2.05, 4.69) is 61.2 Å². The van der Waals surface area contributed by atoms with Crippen LogP contribution in [0.3, 0.4) is 0 Å². The molecule has 1 amide bonds. The third-order valence-electron chi connectivity index (χ3n) is 4.93. The van der Waals surface area contributed by atoms with Gasteiger partial charge in [0, 0.05) is 32.2 Å². The van der Waals surface area contributed by atoms with E-state index in [1.165, 1.54) is 11.1 Å². The molecule has 3 nitrogen and oxygen atoms in total. The third-order valence-corrected chi connectivity index (χ3v) is 4.93. The molecule has 24 heavy (non-hydrogen) atoms. The standard InChI is InChI=1S/C21H26N2O/c1-17-7-6-8-19(15-17)16-21(24)23-13-11-22(12-14-23)18(2)20-9-4-3-5-10-20/h3-10,15,18H,11-14,16H2,1-2H3. The van der Waals surface area contributed by atoms with E-state index in [1.54, 1.807) is 0 Å². The van der Waals surface area contributed by atoms with Crippen molar-refractivity contribution in [3.8, 4) is 0 Å². The number of nitrogens with zero attached hydrogens (tertiary/aromatic N) is 2. The number of hydrogen-bond acceptors (Lipinski definition) is 2. The van der Waals surface area contributed by atoms with Crippen molar-refractivity contribution in [2.75, 3.05) is 26.2 Å². The van der Waals surface area contributed by atoms with Gasteiger partial charge in [-0.2, -0.15) is 0 Å². The molecular weight excluding hydrogens is 296 g/mol. The minimum absolute atomic E-state index is 0.243. The van der Waals surface area contributed by atoms with Crippen LogP contribution in [-0.2, 0) is 11.2 Å². The second kappa shape index (κ2) is 7.63. The van der Waals surface area contributed by atoms with Crippen molar-refractivity contribution in [3.63, 3.8) is 0 Å². The van der Waals surface area contributed by atoms with E-state index in [1.807, 2.05) is 17.0 Å². The Balaban J connectivity index is 1.54. The summed E-state index contributed by atoms with van der Waals surface area (Å²) in [6, 6.07) is 19.2. The fourth-order valence-corrected chi connectivity index (χ4v) is 3.41. The maximum Gasteiger partial charge on any atom is 0.227 e. The molecule has 0 bridgehead atoms. The van der Waals surface area contributed by atoms with Gasteiger partial charge in [-0.25, -0.2) is 0 Å². The van der Waals surface area contributed by atoms with Crippen LogP contribution in [0, 0.1) is 6.92 Å². The lowest BCUT2D eigenvalue weighted by Gasteiger charge is -2.38. The predicted molar refractivity (Wildman–Crippen MR) is 97.9 cm³/mol. The Morgan fingerprint density at radius 3 is 2.38 bits per heavy atom. The molecule has 0 saturated carbocycles. The average Bonchev–Trinajstić information content (AvgIpc) is 2.62. The van der Waals surface area contributed by atoms with E-state index in [9.17, 15) is 4.79 Å². The van der Waals surface area contributed by atoms with Crippen LogP contribution in [0.15, 0.2) is 54.6 Å². The molecule has 0 aromatic heterocycles. The van der Waals surface area contributed by atoms with E-state index >= 15 is 0 Å². The number of piperazine rings is 1. The van der Waals surface area contributed by atoms with E-state index < -0.39 is 0 Å². The first-order chi connectivity index (χ1) is 11.6. The lowest BCUT2D eigenvalue weighted by atomic mass is 10.1. The fraction of sp³-hybridized carbons (Fsp3) is 0.381. The summed E-state index contributed by atoms with van der Waals surface area (Å²) in [5.41, 5.74) is 3.67. The molecule has 0 spiro atoms. The van der Waals surface area contributed by atoms with Gasteiger partial charge in [0.1, 0.15) is 0 Å². The molecule has 0 N–H and O–H groups in total. The molecule has 1 atom stereocenters. The molecule has 0 radical (unpaired) electrons. The summed E-state index contributed by atoms with van der Waals surface area (Å²) in [6.07, 6.45) is 0.510. The second-order valence-corrected chi connectivity index (χ2v) is 6.67. The van der Waals surface area contributed by atoms with Gasteiger partial charge in [-0.15, -0.1) is 0 Å². The monoisotopic (exact) mass is 322 g/mol. The van der Waals surface area contributed by atoms with Crippen molar-refractivity contribution in [1.29, 1.82) is 0 Å². The van der Waals surface area contributed by atoms with Crippen LogP contribution in [0.2, 0.25) is 0 Å². The topological polar surface area (TPSA) is 23.6 Å². The van der Waals surface area contributed by atoms with Crippen molar-refractivity contribution in [2.24, 2.45) is 0 Å². The summed E-state index contributed by atoms with van der Waals surface area (Å²) in [7, 11) is 0. The van der Waals surface area contributed by atoms with Crippen LogP contribution in [0.1, 0.15) is 29.7 Å². The van der Waals surface area contributed by atoms with Crippen LogP contribution < -0.4 is 0 Å². The van der Waals surface area contributed by atoms with E-state index in [4.69, 9.17) is 0 Å². The number of carbonyl (C=O) groups is 1. The van der Waals surface area contributed by atoms with Crippen LogP contribution in [0.25, 0.3) is 0 Å². The predicted octanol–water partition coefficient (Wildman–Crippen LogP) is 3.44. The minimum atomic E-state index is 0.243. The van der Waals surface area contributed by atoms with Gasteiger partial charge >= 0.3 is 0 Å². The Hall–Kier alpha value is -2.13. The van der Waals surface area contributed by atoms with E-state index in [0.29, 0.717) is 12.5 Å². The lowest BCUT2D eigenvalue weighted by molar-refractivity contribution is -0.132. The van der Waals surface area contributed by atoms with Gasteiger partial charge in [-0.3, -0.25) is 9.69 Å². The normalized spacial score (nSPS) is 16.8. The van der Waals surface area contributed by atoms with Crippen LogP contribution in [0.5, 0.6) is 0 Å². The summed E-state index contributed by atoms with van der Waals surface area (Å²) in [5.74, 6) is 0.243. The van der Waals surface area contributed by atoms with Crippen molar-refractivity contribution in [3.05, 3.63) is 71.3 Å². The Morgan fingerprint density at radius 2 is 1.71 bits per heavy atom. The second-order valence-electron chi connectivity index (χ2n) is 6.67. The number of rotatable bonds is 4. The van der Waals surface area contributed by atoms with Gasteiger partial charge in [0.2, 0.25) is 5.91 Å². The third kappa shape index (κ3) is 4.04. The number of amides is 1. The number of benzene rings is 2. The Morgan fingerprint density at radius 1 is 1.00 bits per heavy atom. The highest BCUT2D eigenvalue weighted by Crippen LogP contribution is 2.21. The fourth-order valence-electron chi connectivity index (χ4n) is 3.41. The Labute approximate surface area is 144 Å². The van der Waals surface area contributed by atoms with Gasteiger partial charge in [0.05, 0.1) is 6.42 Å². The van der Waals surface area contributed by atoms with Crippen molar-refractivity contribution in [2.45, 2.75) is 26.3 Å². The molecule has 1 saturated heterocycles. The molecule has 1 fully saturated rings. The van der Waals surface area contributed by atoms with Crippen molar-refractivity contribution in [1.82, 2.24) is 9.80 Å². The van der Waals surface area contributed by atoms with Gasteiger partial charge in [0.25, 0.3) is 0 Å². The minimum Gasteiger partial charge on any atom is -0.340 e. The number of hydrogen-bond donors (Lipinski definition) is 0. The van der Waals surface area contributed by atoms with Crippen LogP contribution in [0.4, 0.5) is 0 Å². The maximum atomic E-state index is 12.5. The molecule has 0 aliphatic carbocycles. The Kier molecular flexibility index (Phi) is 5.31. The smallest absolute Gasteiger partial charge is 0.227 e. The summed E-state index contributed by atoms with van der Waals surface area (Å²) >= 11 is 0. The first kappa shape index (κ1) is 16.7. The quantitative estimate of drug-likeness (QED) is 0.861. The largest absolute Gasteiger partial charge is 0.340 e. The number of aryl methyl sites for hydroxylation is 1. The average molecular weight is 322 g/mol. The van der Waals surface area contributed by atoms with Gasteiger partial charge in [0.15, 0.2) is 0 Å². The molecular formula is C21H26N2O. The van der Waals surface area contributed by atoms with Crippen LogP contribution >= 0.6 is 0 Å². The SMILES string of the molecule is Cc1cccc(CC(=O)N2CCN(C(C)c3ccccc3)CC2)c1. The first-order valence-corrected chi connectivity index (χ1v) is 8.76. The van der Waals surface area contributed by atoms with Crippen molar-refractivity contribution >= 4 is 5.91 Å². The molecule has 2 aromatic rings. The Bertz CT molecular complexity index is 675. The zero-order chi connectivity index (χ0) is 16.9. The molecule has 1 unspecified atom stereocenters. The summed E-state index contributed by atoms with van der Waals surface area (Å²) in [5, 5.41) is 0. The molecule has 126 valence electrons. The maximum absolute atomic E-state index is 12.5. The first-order valence-electron chi connectivity index (χ1n) is 8.76. The van der Waals surface area contributed by atoms with Gasteiger partial charge in [-0.05, 0) is 25.0 Å². The zero-order valence-corrected chi connectivity index (χ0v) is 14.6. The summed E-state index contributed by atoms with van der Waals surface area (Å²) < 4.78 is 0. The summed E-state index contributed by atoms with van der Waals surface area (Å²) in [4.78, 5) is 17.0. The molecule has 2 aromatic carbocycles. The van der Waals surface area contributed by atoms with Crippen LogP contribution in [-0.4, -0.2) is 41.9 Å². The van der Waals surface area contributed by atoms with Gasteiger partial charge in [-0.1, -0.05) is 60.2 Å².